The number of furan rings is 1. The summed E-state index contributed by atoms with van der Waals surface area (Å²) < 4.78 is 6.14. The summed E-state index contributed by atoms with van der Waals surface area (Å²) in [5.74, 6) is 1.12. The normalized spacial score (nSPS) is 14.3. The molecule has 5 rings (SSSR count). The molecule has 0 spiro atoms. The predicted molar refractivity (Wildman–Crippen MR) is 184 cm³/mol. The number of nitrogens with zero attached hydrogens (tertiary/aromatic N) is 2. The summed E-state index contributed by atoms with van der Waals surface area (Å²) in [6.07, 6.45) is 0.499. The van der Waals surface area contributed by atoms with Crippen molar-refractivity contribution in [1.29, 1.82) is 5.26 Å². The van der Waals surface area contributed by atoms with Gasteiger partial charge in [0.2, 0.25) is 5.91 Å². The number of hydrogen-bond acceptors (Lipinski definition) is 7. The third-order valence-corrected chi connectivity index (χ3v) is 8.68. The number of aryl methyl sites for hydroxylation is 1. The zero-order valence-electron chi connectivity index (χ0n) is 26.8. The van der Waals surface area contributed by atoms with Crippen LogP contribution in [-0.4, -0.2) is 62.0 Å². The molecule has 1 aliphatic heterocycles. The number of benzene rings is 3. The van der Waals surface area contributed by atoms with Crippen LogP contribution in [0.3, 0.4) is 0 Å². The number of carbonyl (C=O) groups excluding carboxylic acids is 2. The van der Waals surface area contributed by atoms with Crippen LogP contribution in [0.2, 0.25) is 5.02 Å². The minimum absolute atomic E-state index is 0.0309. The van der Waals surface area contributed by atoms with E-state index in [9.17, 15) is 14.9 Å². The molecule has 0 bridgehead atoms. The Morgan fingerprint density at radius 3 is 2.49 bits per heavy atom. The molecule has 0 unspecified atom stereocenters. The Morgan fingerprint density at radius 2 is 1.77 bits per heavy atom. The Balaban J connectivity index is 1.24. The van der Waals surface area contributed by atoms with E-state index in [2.05, 4.69) is 65.4 Å². The number of piperazine rings is 1. The molecule has 4 aromatic rings. The molecule has 1 aromatic heterocycles. The number of nitriles is 1. The highest BCUT2D eigenvalue weighted by Gasteiger charge is 2.20. The molecule has 10 heteroatoms. The van der Waals surface area contributed by atoms with Gasteiger partial charge in [0.25, 0.3) is 5.91 Å². The van der Waals surface area contributed by atoms with E-state index < -0.39 is 0 Å². The molecule has 2 atom stereocenters. The van der Waals surface area contributed by atoms with Crippen LogP contribution in [0.15, 0.2) is 83.3 Å². The predicted octanol–water partition coefficient (Wildman–Crippen LogP) is 4.99. The lowest BCUT2D eigenvalue weighted by atomic mass is 10.0. The molecule has 1 fully saturated rings. The number of hydrogen-bond donors (Lipinski definition) is 4. The van der Waals surface area contributed by atoms with Crippen molar-refractivity contribution in [2.45, 2.75) is 38.9 Å². The zero-order chi connectivity index (χ0) is 33.2. The van der Waals surface area contributed by atoms with Gasteiger partial charge in [-0.25, -0.2) is 0 Å². The van der Waals surface area contributed by atoms with Gasteiger partial charge in [-0.05, 0) is 73.9 Å². The summed E-state index contributed by atoms with van der Waals surface area (Å²) in [5.41, 5.74) is 5.02. The van der Waals surface area contributed by atoms with Crippen LogP contribution in [0.4, 0.5) is 0 Å². The van der Waals surface area contributed by atoms with E-state index in [1.165, 1.54) is 11.1 Å². The summed E-state index contributed by atoms with van der Waals surface area (Å²) >= 11 is 6.54. The molecule has 2 amide bonds. The van der Waals surface area contributed by atoms with E-state index in [-0.39, 0.29) is 30.4 Å². The van der Waals surface area contributed by atoms with E-state index in [1.54, 1.807) is 24.3 Å². The SMILES string of the molecule is Cc1ccc([C@@H](C)NCc2ccc(-c3ccc(Cl)c(C(=O)N[C@@H](CNCC(=O)N4CCNCC4)Cc4ccc(C#N)cc4)c3)o2)cc1. The van der Waals surface area contributed by atoms with Crippen LogP contribution in [0.1, 0.15) is 51.3 Å². The summed E-state index contributed by atoms with van der Waals surface area (Å²) in [6.45, 7) is 8.22. The molecule has 244 valence electrons. The highest BCUT2D eigenvalue weighted by atomic mass is 35.5. The first-order valence-electron chi connectivity index (χ1n) is 16.0. The average Bonchev–Trinajstić information content (AvgIpc) is 3.57. The average molecular weight is 653 g/mol. The van der Waals surface area contributed by atoms with Gasteiger partial charge < -0.3 is 30.6 Å². The lowest BCUT2D eigenvalue weighted by molar-refractivity contribution is -0.130. The van der Waals surface area contributed by atoms with Crippen LogP contribution in [-0.2, 0) is 17.8 Å². The zero-order valence-corrected chi connectivity index (χ0v) is 27.6. The maximum Gasteiger partial charge on any atom is 0.253 e. The van der Waals surface area contributed by atoms with Crippen molar-refractivity contribution in [2.24, 2.45) is 0 Å². The molecule has 2 heterocycles. The third-order valence-electron chi connectivity index (χ3n) is 8.35. The van der Waals surface area contributed by atoms with Gasteiger partial charge in [0.1, 0.15) is 11.5 Å². The first-order chi connectivity index (χ1) is 22.8. The second-order valence-electron chi connectivity index (χ2n) is 11.9. The van der Waals surface area contributed by atoms with Gasteiger partial charge in [-0.3, -0.25) is 9.59 Å². The Morgan fingerprint density at radius 1 is 1.02 bits per heavy atom. The Kier molecular flexibility index (Phi) is 11.8. The third kappa shape index (κ3) is 9.53. The fraction of sp³-hybridized carbons (Fsp3) is 0.324. The highest BCUT2D eigenvalue weighted by molar-refractivity contribution is 6.34. The summed E-state index contributed by atoms with van der Waals surface area (Å²) in [4.78, 5) is 28.2. The molecule has 9 nitrogen and oxygen atoms in total. The molecule has 47 heavy (non-hydrogen) atoms. The Bertz CT molecular complexity index is 1690. The maximum absolute atomic E-state index is 13.6. The van der Waals surface area contributed by atoms with Gasteiger partial charge in [-0.15, -0.1) is 0 Å². The van der Waals surface area contributed by atoms with Gasteiger partial charge in [0.15, 0.2) is 0 Å². The topological polar surface area (TPSA) is 122 Å². The maximum atomic E-state index is 13.6. The summed E-state index contributed by atoms with van der Waals surface area (Å²) in [5, 5.41) is 22.6. The number of amides is 2. The lowest BCUT2D eigenvalue weighted by Crippen LogP contribution is -2.50. The van der Waals surface area contributed by atoms with Gasteiger partial charge in [-0.2, -0.15) is 5.26 Å². The van der Waals surface area contributed by atoms with E-state index in [0.29, 0.717) is 54.5 Å². The van der Waals surface area contributed by atoms with E-state index in [0.717, 1.165) is 30.0 Å². The number of halogens is 1. The monoisotopic (exact) mass is 652 g/mol. The fourth-order valence-electron chi connectivity index (χ4n) is 5.52. The van der Waals surface area contributed by atoms with Crippen LogP contribution in [0.25, 0.3) is 11.3 Å². The van der Waals surface area contributed by atoms with Crippen LogP contribution < -0.4 is 21.3 Å². The molecule has 3 aromatic carbocycles. The Hall–Kier alpha value is -4.46. The standard InChI is InChI=1S/C37H41ClN6O3/c1-25-3-9-29(10-4-25)26(2)42-23-32-12-14-35(47-32)30-11-13-34(38)33(20-30)37(46)43-31(19-27-5-7-28(21-39)8-6-27)22-41-24-36(45)44-17-15-40-16-18-44/h3-14,20,26,31,40-42H,15-19,22-24H2,1-2H3,(H,43,46)/t26-,31-/m1/s1. The molecule has 1 saturated heterocycles. The first kappa shape index (κ1) is 33.9. The smallest absolute Gasteiger partial charge is 0.253 e. The molecule has 1 aliphatic rings. The minimum atomic E-state index is -0.345. The second kappa shape index (κ2) is 16.4. The van der Waals surface area contributed by atoms with Crippen molar-refractivity contribution >= 4 is 23.4 Å². The van der Waals surface area contributed by atoms with Gasteiger partial charge in [-0.1, -0.05) is 53.6 Å². The van der Waals surface area contributed by atoms with E-state index in [1.807, 2.05) is 35.2 Å². The largest absolute Gasteiger partial charge is 0.460 e. The van der Waals surface area contributed by atoms with Crippen molar-refractivity contribution in [2.75, 3.05) is 39.3 Å². The number of nitrogens with one attached hydrogen (secondary N) is 4. The van der Waals surface area contributed by atoms with Gasteiger partial charge in [0, 0.05) is 50.4 Å². The van der Waals surface area contributed by atoms with Gasteiger partial charge >= 0.3 is 0 Å². The van der Waals surface area contributed by atoms with Crippen LogP contribution in [0, 0.1) is 18.3 Å². The number of rotatable bonds is 13. The molecule has 0 radical (unpaired) electrons. The van der Waals surface area contributed by atoms with E-state index >= 15 is 0 Å². The quantitative estimate of drug-likeness (QED) is 0.160. The highest BCUT2D eigenvalue weighted by Crippen LogP contribution is 2.27. The first-order valence-corrected chi connectivity index (χ1v) is 16.3. The second-order valence-corrected chi connectivity index (χ2v) is 12.3. The minimum Gasteiger partial charge on any atom is -0.460 e. The fourth-order valence-corrected chi connectivity index (χ4v) is 5.73. The van der Waals surface area contributed by atoms with E-state index in [4.69, 9.17) is 16.0 Å². The van der Waals surface area contributed by atoms with Crippen molar-refractivity contribution in [3.05, 3.63) is 117 Å². The summed E-state index contributed by atoms with van der Waals surface area (Å²) in [6, 6.07) is 26.8. The lowest BCUT2D eigenvalue weighted by Gasteiger charge is -2.28. The molecule has 0 saturated carbocycles. The Labute approximate surface area is 281 Å². The molecular formula is C37H41ClN6O3. The van der Waals surface area contributed by atoms with Crippen LogP contribution >= 0.6 is 11.6 Å². The molecule has 0 aliphatic carbocycles. The van der Waals surface area contributed by atoms with Gasteiger partial charge in [0.05, 0.1) is 35.3 Å². The van der Waals surface area contributed by atoms with Crippen molar-refractivity contribution in [3.63, 3.8) is 0 Å². The van der Waals surface area contributed by atoms with Crippen molar-refractivity contribution in [3.8, 4) is 17.4 Å². The molecular weight excluding hydrogens is 612 g/mol. The molecule has 4 N–H and O–H groups in total. The number of carbonyl (C=O) groups is 2. The van der Waals surface area contributed by atoms with Crippen molar-refractivity contribution < 1.29 is 14.0 Å². The van der Waals surface area contributed by atoms with Crippen molar-refractivity contribution in [1.82, 2.24) is 26.2 Å². The van der Waals surface area contributed by atoms with Crippen LogP contribution in [0.5, 0.6) is 0 Å². The summed E-state index contributed by atoms with van der Waals surface area (Å²) in [7, 11) is 0.